The molecule has 25 heavy (non-hydrogen) atoms. The maximum atomic E-state index is 12.6. The third-order valence-corrected chi connectivity index (χ3v) is 14.8. The maximum absolute atomic E-state index is 12.6. The summed E-state index contributed by atoms with van der Waals surface area (Å²) in [4.78, 5) is 12.6. The molecule has 0 aromatic rings. The number of nitrogens with one attached hydrogen (secondary N) is 4. The van der Waals surface area contributed by atoms with Crippen molar-refractivity contribution < 1.29 is 9.53 Å². The van der Waals surface area contributed by atoms with Crippen LogP contribution in [0.5, 0.6) is 0 Å². The van der Waals surface area contributed by atoms with Crippen LogP contribution in [0.25, 0.3) is 0 Å². The molecule has 2 heterocycles. The summed E-state index contributed by atoms with van der Waals surface area (Å²) >= 11 is 1.13. The van der Waals surface area contributed by atoms with Crippen LogP contribution in [0.1, 0.15) is 46.5 Å². The Balaban J connectivity index is 1.19. The van der Waals surface area contributed by atoms with Gasteiger partial charge >= 0.3 is 171 Å². The Morgan fingerprint density at radius 1 is 1.40 bits per heavy atom. The van der Waals surface area contributed by atoms with Crippen molar-refractivity contribution in [2.75, 3.05) is 6.61 Å². The first-order chi connectivity index (χ1) is 11.6. The van der Waals surface area contributed by atoms with Gasteiger partial charge < -0.3 is 0 Å². The third-order valence-electron chi connectivity index (χ3n) is 7.66. The number of rotatable bonds is 5. The fourth-order valence-electron chi connectivity index (χ4n) is 5.52. The van der Waals surface area contributed by atoms with Gasteiger partial charge in [-0.2, -0.15) is 0 Å². The predicted octanol–water partition coefficient (Wildman–Crippen LogP) is 2.70. The first kappa shape index (κ1) is 17.4. The summed E-state index contributed by atoms with van der Waals surface area (Å²) in [6.45, 7) is 6.48. The van der Waals surface area contributed by atoms with Crippen LogP contribution in [0.4, 0.5) is 0 Å². The van der Waals surface area contributed by atoms with Gasteiger partial charge in [-0.15, -0.1) is 0 Å². The molecule has 140 valence electrons. The molecule has 0 aromatic carbocycles. The van der Waals surface area contributed by atoms with Crippen LogP contribution in [0.2, 0.25) is 0 Å². The van der Waals surface area contributed by atoms with Gasteiger partial charge in [-0.05, 0) is 0 Å². The van der Waals surface area contributed by atoms with E-state index in [1.165, 1.54) is 25.7 Å². The van der Waals surface area contributed by atoms with Crippen molar-refractivity contribution in [1.29, 1.82) is 5.41 Å². The molecule has 2 bridgehead atoms. The number of fused-ring (bicyclic) bond motifs is 2. The number of carbonyl (C=O) groups is 1. The van der Waals surface area contributed by atoms with Gasteiger partial charge in [0.25, 0.3) is 0 Å². The number of ether oxygens (including phenoxy) is 1. The van der Waals surface area contributed by atoms with Gasteiger partial charge in [0, 0.05) is 0 Å². The van der Waals surface area contributed by atoms with Crippen LogP contribution >= 0.6 is 43.0 Å². The van der Waals surface area contributed by atoms with Crippen LogP contribution in [-0.4, -0.2) is 31.0 Å². The molecule has 6 unspecified atom stereocenters. The second-order valence-electron chi connectivity index (χ2n) is 9.09. The van der Waals surface area contributed by atoms with Gasteiger partial charge in [0.2, 0.25) is 0 Å². The molecule has 4 N–H and O–H groups in total. The summed E-state index contributed by atoms with van der Waals surface area (Å²) in [7, 11) is 0. The average Bonchev–Trinajstić information content (AvgIpc) is 3.43. The molecule has 1 amide bonds. The predicted molar refractivity (Wildman–Crippen MR) is 113 cm³/mol. The van der Waals surface area contributed by atoms with Gasteiger partial charge in [-0.25, -0.2) is 0 Å². The zero-order valence-electron chi connectivity index (χ0n) is 14.8. The van der Waals surface area contributed by atoms with Gasteiger partial charge in [0.1, 0.15) is 0 Å². The van der Waals surface area contributed by atoms with Gasteiger partial charge in [0.05, 0.1) is 0 Å². The van der Waals surface area contributed by atoms with Crippen molar-refractivity contribution in [1.82, 2.24) is 12.4 Å². The Kier molecular flexibility index (Phi) is 3.50. The number of alkyl halides is 2. The molecular weight excluding hydrogens is 546 g/mol. The summed E-state index contributed by atoms with van der Waals surface area (Å²) in [6, 6.07) is 0. The molecule has 3 aliphatic carbocycles. The number of amides is 1. The normalized spacial score (nSPS) is 47.8. The quantitative estimate of drug-likeness (QED) is 0.0774. The minimum absolute atomic E-state index is 0.0336. The molecule has 6 atom stereocenters. The Labute approximate surface area is 170 Å². The summed E-state index contributed by atoms with van der Waals surface area (Å²) < 4.78 is 12.0. The molecule has 2 aliphatic heterocycles. The fraction of sp³-hybridized carbons (Fsp3) is 0.882. The SMILES string of the molecule is CC1CC23CC2CC(C3)C1(C)NC(=O)COC(=N)C(C)(I)C12NI1N2. The molecule has 3 saturated carbocycles. The number of hydrogen-bond acceptors (Lipinski definition) is 5. The summed E-state index contributed by atoms with van der Waals surface area (Å²) in [5.74, 6) is 2.14. The molecule has 6 nitrogen and oxygen atoms in total. The molecule has 0 radical (unpaired) electrons. The molecule has 2 saturated heterocycles. The van der Waals surface area contributed by atoms with Crippen LogP contribution in [0, 0.1) is 28.6 Å². The van der Waals surface area contributed by atoms with Gasteiger partial charge in [-0.3, -0.25) is 0 Å². The van der Waals surface area contributed by atoms with Crippen molar-refractivity contribution in [3.8, 4) is 0 Å². The van der Waals surface area contributed by atoms with E-state index in [-0.39, 0.29) is 27.6 Å². The number of halogens is 2. The van der Waals surface area contributed by atoms with Crippen molar-refractivity contribution in [3.63, 3.8) is 0 Å². The molecule has 1 spiro atoms. The van der Waals surface area contributed by atoms with E-state index in [1.54, 1.807) is 0 Å². The Hall–Kier alpha value is 0.320. The fourth-order valence-corrected chi connectivity index (χ4v) is 13.3. The molecule has 5 fully saturated rings. The van der Waals surface area contributed by atoms with E-state index >= 15 is 0 Å². The summed E-state index contributed by atoms with van der Waals surface area (Å²) in [6.07, 6.45) is 5.23. The number of hydrogen-bond donors (Lipinski definition) is 4. The van der Waals surface area contributed by atoms with Crippen LogP contribution in [-0.2, 0) is 9.53 Å². The third kappa shape index (κ3) is 2.32. The van der Waals surface area contributed by atoms with Crippen molar-refractivity contribution in [2.24, 2.45) is 23.2 Å². The second-order valence-corrected chi connectivity index (χ2v) is 15.6. The van der Waals surface area contributed by atoms with Crippen LogP contribution < -0.4 is 12.4 Å². The minimum atomic E-state index is -1.14. The number of carbonyl (C=O) groups excluding carboxylic acids is 1. The van der Waals surface area contributed by atoms with E-state index in [0.29, 0.717) is 17.3 Å². The summed E-state index contributed by atoms with van der Waals surface area (Å²) in [5.41, 5.74) is 0.507. The topological polar surface area (TPSA) is 106 Å². The second kappa shape index (κ2) is 5.02. The van der Waals surface area contributed by atoms with Crippen molar-refractivity contribution in [3.05, 3.63) is 0 Å². The molecule has 8 heteroatoms. The molecule has 5 aliphatic rings. The van der Waals surface area contributed by atoms with E-state index in [1.807, 2.05) is 6.92 Å². The molecule has 5 rings (SSSR count). The first-order valence-corrected chi connectivity index (χ1v) is 13.4. The van der Waals surface area contributed by atoms with Crippen LogP contribution in [0.3, 0.4) is 0 Å². The van der Waals surface area contributed by atoms with Gasteiger partial charge in [0.15, 0.2) is 0 Å². The first-order valence-electron chi connectivity index (χ1n) is 9.10. The zero-order valence-corrected chi connectivity index (χ0v) is 19.2. The summed E-state index contributed by atoms with van der Waals surface area (Å²) in [5, 5.41) is 11.6. The monoisotopic (exact) mass is 572 g/mol. The van der Waals surface area contributed by atoms with E-state index < -0.39 is 23.8 Å². The Morgan fingerprint density at radius 2 is 2.04 bits per heavy atom. The Morgan fingerprint density at radius 3 is 2.68 bits per heavy atom. The van der Waals surface area contributed by atoms with E-state index in [0.717, 1.165) is 5.92 Å². The Bertz CT molecular complexity index is 680. The van der Waals surface area contributed by atoms with E-state index in [2.05, 4.69) is 48.8 Å². The van der Waals surface area contributed by atoms with Gasteiger partial charge in [-0.1, -0.05) is 0 Å². The standard InChI is InChI=1S/C17H26I2N4O2/c1-9-5-16-6-10(4-11(16)7-16)14(9,2)21-12(24)8-25-13(20)15(3,18)17-19(22-17)23-17/h9-11,20,22-23H,4-8H2,1-3H3,(H,21,24). The molecule has 0 aromatic heterocycles. The average molecular weight is 572 g/mol. The van der Waals surface area contributed by atoms with Crippen molar-refractivity contribution >= 4 is 54.8 Å². The van der Waals surface area contributed by atoms with Crippen molar-refractivity contribution in [2.45, 2.75) is 59.1 Å². The zero-order chi connectivity index (χ0) is 17.8. The van der Waals surface area contributed by atoms with Crippen LogP contribution in [0.15, 0.2) is 0 Å². The van der Waals surface area contributed by atoms with E-state index in [4.69, 9.17) is 10.1 Å². The van der Waals surface area contributed by atoms with E-state index in [9.17, 15) is 4.79 Å². The molecular formula is C17H26I2N4O2.